The third-order valence-electron chi connectivity index (χ3n) is 3.90. The van der Waals surface area contributed by atoms with E-state index in [-0.39, 0.29) is 11.7 Å². The van der Waals surface area contributed by atoms with Gasteiger partial charge in [-0.15, -0.1) is 0 Å². The maximum absolute atomic E-state index is 12.4. The van der Waals surface area contributed by atoms with Crippen LogP contribution in [0.4, 0.5) is 0 Å². The first-order chi connectivity index (χ1) is 14.4. The van der Waals surface area contributed by atoms with Gasteiger partial charge in [-0.3, -0.25) is 25.8 Å². The van der Waals surface area contributed by atoms with Gasteiger partial charge in [0.1, 0.15) is 11.5 Å². The van der Waals surface area contributed by atoms with Gasteiger partial charge in [-0.25, -0.2) is 0 Å². The summed E-state index contributed by atoms with van der Waals surface area (Å²) in [5.41, 5.74) is 6.37. The first-order valence-corrected chi connectivity index (χ1v) is 10.7. The van der Waals surface area contributed by atoms with Crippen LogP contribution in [0.15, 0.2) is 46.9 Å². The van der Waals surface area contributed by atoms with Crippen molar-refractivity contribution in [2.75, 3.05) is 13.2 Å². The number of nitrogens with one attached hydrogen (secondary N) is 3. The maximum atomic E-state index is 12.4. The highest BCUT2D eigenvalue weighted by Gasteiger charge is 2.14. The summed E-state index contributed by atoms with van der Waals surface area (Å²) in [5.74, 6) is 0.132. The van der Waals surface area contributed by atoms with Gasteiger partial charge in [-0.2, -0.15) is 0 Å². The summed E-state index contributed by atoms with van der Waals surface area (Å²) in [6, 6.07) is 12.5. The lowest BCUT2D eigenvalue weighted by molar-refractivity contribution is -0.123. The number of carbonyl (C=O) groups is 2. The van der Waals surface area contributed by atoms with Crippen LogP contribution >= 0.6 is 28.1 Å². The molecule has 160 valence electrons. The lowest BCUT2D eigenvalue weighted by Gasteiger charge is -2.14. The van der Waals surface area contributed by atoms with Crippen LogP contribution in [0, 0.1) is 0 Å². The van der Waals surface area contributed by atoms with E-state index in [2.05, 4.69) is 39.0 Å². The number of amides is 2. The Balaban J connectivity index is 1.80. The van der Waals surface area contributed by atoms with Crippen LogP contribution in [0.3, 0.4) is 0 Å². The number of para-hydroxylation sites is 1. The Morgan fingerprint density at radius 1 is 1.03 bits per heavy atom. The number of thiocarbonyl (C=S) groups is 1. The normalized spacial score (nSPS) is 10.1. The molecule has 0 atom stereocenters. The number of hydrogen-bond donors (Lipinski definition) is 3. The fourth-order valence-electron chi connectivity index (χ4n) is 2.38. The summed E-state index contributed by atoms with van der Waals surface area (Å²) in [6.07, 6.45) is 1.73. The molecule has 2 rings (SSSR count). The van der Waals surface area contributed by atoms with Crippen molar-refractivity contribution < 1.29 is 19.1 Å². The summed E-state index contributed by atoms with van der Waals surface area (Å²) in [4.78, 5) is 24.4. The van der Waals surface area contributed by atoms with Gasteiger partial charge in [0, 0.05) is 0 Å². The van der Waals surface area contributed by atoms with Crippen LogP contribution in [0.1, 0.15) is 36.2 Å². The predicted octanol–water partition coefficient (Wildman–Crippen LogP) is 3.51. The van der Waals surface area contributed by atoms with Crippen molar-refractivity contribution in [3.8, 4) is 11.5 Å². The minimum atomic E-state index is -0.454. The van der Waals surface area contributed by atoms with Crippen LogP contribution < -0.4 is 25.6 Å². The van der Waals surface area contributed by atoms with Gasteiger partial charge in [-0.1, -0.05) is 32.0 Å². The number of halogens is 1. The van der Waals surface area contributed by atoms with Crippen molar-refractivity contribution in [1.82, 2.24) is 16.2 Å². The van der Waals surface area contributed by atoms with Crippen LogP contribution in [-0.2, 0) is 11.2 Å². The number of hydrazine groups is 1. The summed E-state index contributed by atoms with van der Waals surface area (Å²) in [6.45, 7) is 4.31. The second-order valence-electron chi connectivity index (χ2n) is 6.21. The van der Waals surface area contributed by atoms with E-state index in [0.717, 1.165) is 22.9 Å². The second kappa shape index (κ2) is 12.1. The molecule has 0 unspecified atom stereocenters. The molecule has 0 bridgehead atoms. The molecule has 2 aromatic carbocycles. The van der Waals surface area contributed by atoms with Crippen molar-refractivity contribution >= 4 is 45.1 Å². The number of ether oxygens (including phenoxy) is 2. The lowest BCUT2D eigenvalue weighted by atomic mass is 10.2. The van der Waals surface area contributed by atoms with Crippen LogP contribution in [0.5, 0.6) is 11.5 Å². The number of aryl methyl sites for hydroxylation is 1. The number of carbonyl (C=O) groups excluding carboxylic acids is 2. The van der Waals surface area contributed by atoms with Crippen molar-refractivity contribution in [2.45, 2.75) is 26.7 Å². The molecule has 9 heteroatoms. The molecule has 0 aromatic heterocycles. The number of hydrogen-bond acceptors (Lipinski definition) is 5. The fourth-order valence-corrected chi connectivity index (χ4v) is 3.07. The van der Waals surface area contributed by atoms with E-state index in [1.54, 1.807) is 30.3 Å². The Kier molecular flexibility index (Phi) is 9.56. The molecule has 0 fully saturated rings. The Morgan fingerprint density at radius 2 is 1.80 bits per heavy atom. The zero-order chi connectivity index (χ0) is 21.9. The molecular formula is C21H24BrN3O4S. The summed E-state index contributed by atoms with van der Waals surface area (Å²) in [5, 5.41) is 2.45. The minimum absolute atomic E-state index is 0.0490. The molecule has 30 heavy (non-hydrogen) atoms. The Morgan fingerprint density at radius 3 is 2.50 bits per heavy atom. The zero-order valence-corrected chi connectivity index (χ0v) is 19.2. The average molecular weight is 494 g/mol. The van der Waals surface area contributed by atoms with Crippen LogP contribution in [0.2, 0.25) is 0 Å². The monoisotopic (exact) mass is 493 g/mol. The fraction of sp³-hybridized carbons (Fsp3) is 0.286. The van der Waals surface area contributed by atoms with Gasteiger partial charge in [-0.05, 0) is 70.8 Å². The highest BCUT2D eigenvalue weighted by Crippen LogP contribution is 2.26. The molecule has 7 nitrogen and oxygen atoms in total. The van der Waals surface area contributed by atoms with Crippen molar-refractivity contribution in [1.29, 1.82) is 0 Å². The van der Waals surface area contributed by atoms with Crippen LogP contribution in [0.25, 0.3) is 0 Å². The topological polar surface area (TPSA) is 88.7 Å². The Labute approximate surface area is 189 Å². The number of rotatable bonds is 8. The van der Waals surface area contributed by atoms with Crippen molar-refractivity contribution in [3.05, 3.63) is 58.1 Å². The lowest BCUT2D eigenvalue weighted by Crippen LogP contribution is -2.49. The first-order valence-electron chi connectivity index (χ1n) is 9.47. The molecule has 0 heterocycles. The SMILES string of the molecule is CCCOc1ccccc1C(=O)NC(=S)NNC(=O)COc1ccc(CC)cc1Br. The van der Waals surface area contributed by atoms with Gasteiger partial charge in [0.05, 0.1) is 16.6 Å². The second-order valence-corrected chi connectivity index (χ2v) is 7.47. The molecule has 3 N–H and O–H groups in total. The number of benzene rings is 2. The van der Waals surface area contributed by atoms with E-state index in [0.29, 0.717) is 23.7 Å². The average Bonchev–Trinajstić information content (AvgIpc) is 2.75. The van der Waals surface area contributed by atoms with E-state index in [1.165, 1.54) is 0 Å². The Bertz CT molecular complexity index is 908. The summed E-state index contributed by atoms with van der Waals surface area (Å²) in [7, 11) is 0. The largest absolute Gasteiger partial charge is 0.493 e. The van der Waals surface area contributed by atoms with Gasteiger partial charge in [0.15, 0.2) is 11.7 Å². The van der Waals surface area contributed by atoms with Crippen molar-refractivity contribution in [2.24, 2.45) is 0 Å². The third-order valence-corrected chi connectivity index (χ3v) is 4.72. The van der Waals surface area contributed by atoms with E-state index in [1.807, 2.05) is 19.1 Å². The minimum Gasteiger partial charge on any atom is -0.493 e. The standard InChI is InChI=1S/C21H24BrN3O4S/c1-3-11-28-17-8-6-5-7-15(17)20(27)23-21(30)25-24-19(26)13-29-18-10-9-14(4-2)12-16(18)22/h5-10,12H,3-4,11,13H2,1-2H3,(H,24,26)(H2,23,25,27,30). The molecule has 0 aliphatic rings. The summed E-state index contributed by atoms with van der Waals surface area (Å²) >= 11 is 8.48. The Hall–Kier alpha value is -2.65. The van der Waals surface area contributed by atoms with E-state index < -0.39 is 11.8 Å². The zero-order valence-electron chi connectivity index (χ0n) is 16.8. The molecule has 0 aliphatic carbocycles. The van der Waals surface area contributed by atoms with Gasteiger partial charge < -0.3 is 9.47 Å². The van der Waals surface area contributed by atoms with E-state index >= 15 is 0 Å². The molecule has 0 saturated carbocycles. The first kappa shape index (κ1) is 23.6. The van der Waals surface area contributed by atoms with E-state index in [4.69, 9.17) is 21.7 Å². The smallest absolute Gasteiger partial charge is 0.276 e. The third kappa shape index (κ3) is 7.31. The molecule has 0 radical (unpaired) electrons. The molecular weight excluding hydrogens is 470 g/mol. The van der Waals surface area contributed by atoms with Gasteiger partial charge in [0.2, 0.25) is 0 Å². The molecule has 0 spiro atoms. The van der Waals surface area contributed by atoms with Crippen molar-refractivity contribution in [3.63, 3.8) is 0 Å². The van der Waals surface area contributed by atoms with Crippen LogP contribution in [-0.4, -0.2) is 30.1 Å². The highest BCUT2D eigenvalue weighted by atomic mass is 79.9. The quantitative estimate of drug-likeness (QED) is 0.385. The van der Waals surface area contributed by atoms with E-state index in [9.17, 15) is 9.59 Å². The van der Waals surface area contributed by atoms with Gasteiger partial charge >= 0.3 is 0 Å². The highest BCUT2D eigenvalue weighted by molar-refractivity contribution is 9.10. The molecule has 2 aromatic rings. The predicted molar refractivity (Wildman–Crippen MR) is 123 cm³/mol. The molecule has 2 amide bonds. The van der Waals surface area contributed by atoms with Gasteiger partial charge in [0.25, 0.3) is 11.8 Å². The maximum Gasteiger partial charge on any atom is 0.276 e. The molecule has 0 aliphatic heterocycles. The molecule has 0 saturated heterocycles. The summed E-state index contributed by atoms with van der Waals surface area (Å²) < 4.78 is 11.8.